The molecule has 2 amide bonds. The van der Waals surface area contributed by atoms with Crippen LogP contribution in [0.4, 0.5) is 4.79 Å². The number of nitrogens with one attached hydrogen (secondary N) is 1. The average molecular weight is 332 g/mol. The molecule has 24 heavy (non-hydrogen) atoms. The van der Waals surface area contributed by atoms with E-state index in [9.17, 15) is 4.79 Å². The summed E-state index contributed by atoms with van der Waals surface area (Å²) >= 11 is 0. The van der Waals surface area contributed by atoms with Gasteiger partial charge in [0, 0.05) is 44.5 Å². The van der Waals surface area contributed by atoms with Crippen molar-refractivity contribution in [1.29, 1.82) is 0 Å². The Morgan fingerprint density at radius 3 is 2.67 bits per heavy atom. The van der Waals surface area contributed by atoms with Gasteiger partial charge >= 0.3 is 6.03 Å². The van der Waals surface area contributed by atoms with Crippen LogP contribution >= 0.6 is 0 Å². The smallest absolute Gasteiger partial charge is 0.317 e. The molecule has 0 bridgehead atoms. The molecule has 2 heterocycles. The third kappa shape index (κ3) is 3.60. The van der Waals surface area contributed by atoms with E-state index in [1.54, 1.807) is 0 Å². The van der Waals surface area contributed by atoms with E-state index >= 15 is 0 Å². The Balaban J connectivity index is 1.56. The van der Waals surface area contributed by atoms with Crippen molar-refractivity contribution >= 4 is 6.03 Å². The van der Waals surface area contributed by atoms with Crippen LogP contribution < -0.4 is 5.32 Å². The highest BCUT2D eigenvalue weighted by atomic mass is 16.2. The molecule has 1 saturated heterocycles. The van der Waals surface area contributed by atoms with Crippen molar-refractivity contribution in [2.45, 2.75) is 58.3 Å². The third-order valence-corrected chi connectivity index (χ3v) is 6.16. The molecule has 2 fully saturated rings. The lowest BCUT2D eigenvalue weighted by molar-refractivity contribution is 0.176. The number of urea groups is 1. The maximum atomic E-state index is 12.6. The number of hydrogen-bond acceptors (Lipinski definition) is 2. The lowest BCUT2D eigenvalue weighted by Crippen LogP contribution is -2.42. The van der Waals surface area contributed by atoms with Crippen LogP contribution in [0.3, 0.4) is 0 Å². The van der Waals surface area contributed by atoms with Gasteiger partial charge in [-0.15, -0.1) is 0 Å². The van der Waals surface area contributed by atoms with Crippen LogP contribution in [0.15, 0.2) is 12.3 Å². The van der Waals surface area contributed by atoms with Crippen LogP contribution in [0.5, 0.6) is 0 Å². The molecule has 1 aromatic heterocycles. The molecule has 1 aromatic rings. The second-order valence-electron chi connectivity index (χ2n) is 8.15. The first-order valence-electron chi connectivity index (χ1n) is 9.51. The molecule has 1 aliphatic carbocycles. The van der Waals surface area contributed by atoms with Crippen LogP contribution in [0.1, 0.15) is 64.0 Å². The Kier molecular flexibility index (Phi) is 5.16. The Bertz CT molecular complexity index is 559. The highest BCUT2D eigenvalue weighted by Crippen LogP contribution is 2.43. The monoisotopic (exact) mass is 332 g/mol. The zero-order chi connectivity index (χ0) is 17.2. The number of rotatable bonds is 4. The summed E-state index contributed by atoms with van der Waals surface area (Å²) in [7, 11) is 1.97. The zero-order valence-electron chi connectivity index (χ0n) is 15.4. The van der Waals surface area contributed by atoms with E-state index in [1.807, 2.05) is 22.8 Å². The summed E-state index contributed by atoms with van der Waals surface area (Å²) in [5.74, 6) is 0.761. The quantitative estimate of drug-likeness (QED) is 0.917. The highest BCUT2D eigenvalue weighted by Gasteiger charge is 2.40. The van der Waals surface area contributed by atoms with Crippen LogP contribution in [0.2, 0.25) is 0 Å². The molecule has 1 aliphatic heterocycles. The van der Waals surface area contributed by atoms with Gasteiger partial charge in [0.1, 0.15) is 0 Å². The molecule has 5 nitrogen and oxygen atoms in total. The minimum absolute atomic E-state index is 0.116. The fourth-order valence-electron chi connectivity index (χ4n) is 4.56. The van der Waals surface area contributed by atoms with Gasteiger partial charge in [0.05, 0.1) is 0 Å². The van der Waals surface area contributed by atoms with Crippen LogP contribution in [-0.2, 0) is 7.05 Å². The summed E-state index contributed by atoms with van der Waals surface area (Å²) < 4.78 is 1.92. The van der Waals surface area contributed by atoms with Crippen LogP contribution in [-0.4, -0.2) is 40.3 Å². The maximum absolute atomic E-state index is 12.6. The molecule has 1 saturated carbocycles. The van der Waals surface area contributed by atoms with E-state index in [0.29, 0.717) is 23.8 Å². The summed E-state index contributed by atoms with van der Waals surface area (Å²) in [6, 6.07) is 2.18. The average Bonchev–Trinajstić information content (AvgIpc) is 3.15. The van der Waals surface area contributed by atoms with Crippen molar-refractivity contribution in [2.75, 3.05) is 19.6 Å². The van der Waals surface area contributed by atoms with E-state index in [-0.39, 0.29) is 6.03 Å². The Labute approximate surface area is 145 Å². The summed E-state index contributed by atoms with van der Waals surface area (Å²) in [5.41, 5.74) is 1.62. The van der Waals surface area contributed by atoms with Crippen molar-refractivity contribution in [3.63, 3.8) is 0 Å². The standard InChI is InChI=1S/C19H32N4O/c1-15(2)16(17-7-11-21-22(17)3)13-20-18(24)23-12-10-19(14-23)8-5-4-6-9-19/h7,11,15-16H,4-6,8-10,12-14H2,1-3H3,(H,20,24)/t16-/m1/s1. The van der Waals surface area contributed by atoms with Crippen molar-refractivity contribution in [3.05, 3.63) is 18.0 Å². The lowest BCUT2D eigenvalue weighted by atomic mass is 9.73. The highest BCUT2D eigenvalue weighted by molar-refractivity contribution is 5.74. The van der Waals surface area contributed by atoms with Crippen molar-refractivity contribution in [1.82, 2.24) is 20.0 Å². The van der Waals surface area contributed by atoms with E-state index in [1.165, 1.54) is 44.2 Å². The molecular weight excluding hydrogens is 300 g/mol. The number of aryl methyl sites for hydroxylation is 1. The van der Waals surface area contributed by atoms with Gasteiger partial charge in [-0.2, -0.15) is 5.10 Å². The van der Waals surface area contributed by atoms with Gasteiger partial charge < -0.3 is 10.2 Å². The topological polar surface area (TPSA) is 50.2 Å². The van der Waals surface area contributed by atoms with E-state index < -0.39 is 0 Å². The van der Waals surface area contributed by atoms with Gasteiger partial charge in [0.25, 0.3) is 0 Å². The van der Waals surface area contributed by atoms with E-state index in [4.69, 9.17) is 0 Å². The number of amides is 2. The minimum Gasteiger partial charge on any atom is -0.337 e. The van der Waals surface area contributed by atoms with Gasteiger partial charge in [0.15, 0.2) is 0 Å². The van der Waals surface area contributed by atoms with Crippen molar-refractivity contribution < 1.29 is 4.79 Å². The van der Waals surface area contributed by atoms with Gasteiger partial charge in [-0.25, -0.2) is 4.79 Å². The third-order valence-electron chi connectivity index (χ3n) is 6.16. The zero-order valence-corrected chi connectivity index (χ0v) is 15.4. The predicted octanol–water partition coefficient (Wildman–Crippen LogP) is 3.53. The van der Waals surface area contributed by atoms with E-state index in [0.717, 1.165) is 13.1 Å². The maximum Gasteiger partial charge on any atom is 0.317 e. The molecular formula is C19H32N4O. The molecule has 5 heteroatoms. The van der Waals surface area contributed by atoms with Crippen molar-refractivity contribution in [2.24, 2.45) is 18.4 Å². The first-order chi connectivity index (χ1) is 11.5. The number of nitrogens with zero attached hydrogens (tertiary/aromatic N) is 3. The second kappa shape index (κ2) is 7.16. The van der Waals surface area contributed by atoms with E-state index in [2.05, 4.69) is 30.3 Å². The fraction of sp³-hybridized carbons (Fsp3) is 0.789. The number of aromatic nitrogens is 2. The second-order valence-corrected chi connectivity index (χ2v) is 8.15. The summed E-state index contributed by atoms with van der Waals surface area (Å²) in [6.45, 7) is 6.97. The summed E-state index contributed by atoms with van der Waals surface area (Å²) in [4.78, 5) is 14.7. The molecule has 1 N–H and O–H groups in total. The van der Waals surface area contributed by atoms with Gasteiger partial charge in [-0.05, 0) is 36.7 Å². The number of hydrogen-bond donors (Lipinski definition) is 1. The molecule has 0 aromatic carbocycles. The van der Waals surface area contributed by atoms with Gasteiger partial charge in [-0.1, -0.05) is 33.1 Å². The van der Waals surface area contributed by atoms with Crippen molar-refractivity contribution in [3.8, 4) is 0 Å². The van der Waals surface area contributed by atoms with Gasteiger partial charge in [-0.3, -0.25) is 4.68 Å². The minimum atomic E-state index is 0.116. The molecule has 0 unspecified atom stereocenters. The number of carbonyl (C=O) groups excluding carboxylic acids is 1. The first kappa shape index (κ1) is 17.3. The molecule has 3 rings (SSSR count). The Morgan fingerprint density at radius 2 is 2.04 bits per heavy atom. The predicted molar refractivity (Wildman–Crippen MR) is 95.9 cm³/mol. The number of likely N-dealkylation sites (tertiary alicyclic amines) is 1. The molecule has 134 valence electrons. The van der Waals surface area contributed by atoms with Gasteiger partial charge in [0.2, 0.25) is 0 Å². The molecule has 1 spiro atoms. The Hall–Kier alpha value is -1.52. The van der Waals surface area contributed by atoms with Crippen LogP contribution in [0, 0.1) is 11.3 Å². The Morgan fingerprint density at radius 1 is 1.29 bits per heavy atom. The first-order valence-corrected chi connectivity index (χ1v) is 9.51. The largest absolute Gasteiger partial charge is 0.337 e. The normalized spacial score (nSPS) is 21.4. The SMILES string of the molecule is CC(C)[C@@H](CNC(=O)N1CCC2(CCCCC2)C1)c1ccnn1C. The fourth-order valence-corrected chi connectivity index (χ4v) is 4.56. The molecule has 2 aliphatic rings. The van der Waals surface area contributed by atoms with Crippen LogP contribution in [0.25, 0.3) is 0 Å². The molecule has 1 atom stereocenters. The molecule has 0 radical (unpaired) electrons. The summed E-state index contributed by atoms with van der Waals surface area (Å²) in [6.07, 6.45) is 9.68. The summed E-state index contributed by atoms with van der Waals surface area (Å²) in [5, 5.41) is 7.46. The lowest BCUT2D eigenvalue weighted by Gasteiger charge is -2.33. The number of carbonyl (C=O) groups is 1.